The van der Waals surface area contributed by atoms with Crippen molar-refractivity contribution in [1.29, 1.82) is 5.26 Å². The maximum Gasteiger partial charge on any atom is 0.162 e. The van der Waals surface area contributed by atoms with E-state index in [0.29, 0.717) is 30.4 Å². The van der Waals surface area contributed by atoms with E-state index < -0.39 is 0 Å². The zero-order valence-electron chi connectivity index (χ0n) is 12.0. The zero-order chi connectivity index (χ0) is 15.1. The predicted octanol–water partition coefficient (Wildman–Crippen LogP) is 2.95. The van der Waals surface area contributed by atoms with Crippen LogP contribution < -0.4 is 9.47 Å². The maximum absolute atomic E-state index is 9.56. The number of imidazole rings is 1. The van der Waals surface area contributed by atoms with E-state index in [1.807, 2.05) is 47.7 Å². The van der Waals surface area contributed by atoms with Gasteiger partial charge in [-0.25, -0.2) is 4.98 Å². The molecular weight excluding hydrogens is 278 g/mol. The van der Waals surface area contributed by atoms with Crippen molar-refractivity contribution in [1.82, 2.24) is 9.38 Å². The molecule has 0 atom stereocenters. The quantitative estimate of drug-likeness (QED) is 0.691. The molecule has 0 N–H and O–H groups in total. The Balaban J connectivity index is 1.95. The second kappa shape index (κ2) is 4.78. The summed E-state index contributed by atoms with van der Waals surface area (Å²) in [5.41, 5.74) is 3.79. The molecule has 0 saturated carbocycles. The highest BCUT2D eigenvalue weighted by Gasteiger charge is 2.18. The van der Waals surface area contributed by atoms with Crippen molar-refractivity contribution in [3.8, 4) is 28.8 Å². The van der Waals surface area contributed by atoms with Crippen LogP contribution in [0, 0.1) is 18.3 Å². The summed E-state index contributed by atoms with van der Waals surface area (Å²) in [5, 5.41) is 9.56. The number of aryl methyl sites for hydroxylation is 1. The number of aromatic nitrogens is 2. The van der Waals surface area contributed by atoms with Gasteiger partial charge >= 0.3 is 0 Å². The van der Waals surface area contributed by atoms with Crippen molar-refractivity contribution in [3.05, 3.63) is 47.8 Å². The number of rotatable bonds is 1. The van der Waals surface area contributed by atoms with Crippen LogP contribution in [0.2, 0.25) is 0 Å². The Kier molecular flexibility index (Phi) is 2.76. The first-order valence-electron chi connectivity index (χ1n) is 7.06. The van der Waals surface area contributed by atoms with E-state index in [9.17, 15) is 5.26 Å². The topological polar surface area (TPSA) is 59.5 Å². The molecule has 3 aromatic rings. The van der Waals surface area contributed by atoms with E-state index >= 15 is 0 Å². The van der Waals surface area contributed by atoms with E-state index in [1.54, 1.807) is 0 Å². The fraction of sp³-hybridized carbons (Fsp3) is 0.176. The number of hydrogen-bond donors (Lipinski definition) is 0. The van der Waals surface area contributed by atoms with Crippen LogP contribution in [0.5, 0.6) is 11.5 Å². The Morgan fingerprint density at radius 3 is 2.77 bits per heavy atom. The summed E-state index contributed by atoms with van der Waals surface area (Å²) >= 11 is 0. The van der Waals surface area contributed by atoms with E-state index in [0.717, 1.165) is 22.7 Å². The van der Waals surface area contributed by atoms with Gasteiger partial charge in [0.2, 0.25) is 0 Å². The van der Waals surface area contributed by atoms with E-state index in [-0.39, 0.29) is 0 Å². The fourth-order valence-corrected chi connectivity index (χ4v) is 2.75. The Bertz CT molecular complexity index is 922. The Morgan fingerprint density at radius 1 is 1.14 bits per heavy atom. The molecule has 0 amide bonds. The molecule has 108 valence electrons. The molecule has 0 spiro atoms. The summed E-state index contributed by atoms with van der Waals surface area (Å²) in [6.45, 7) is 3.05. The molecule has 0 radical (unpaired) electrons. The molecule has 22 heavy (non-hydrogen) atoms. The first kappa shape index (κ1) is 12.7. The Morgan fingerprint density at radius 2 is 1.95 bits per heavy atom. The SMILES string of the molecule is Cc1cccc2nc(-c3ccc4c(c3)OCCO4)c(C#N)n12. The lowest BCUT2D eigenvalue weighted by Gasteiger charge is -2.18. The number of hydrogen-bond acceptors (Lipinski definition) is 4. The zero-order valence-corrected chi connectivity index (χ0v) is 12.0. The van der Waals surface area contributed by atoms with Gasteiger partial charge in [0.1, 0.15) is 30.6 Å². The van der Waals surface area contributed by atoms with Gasteiger partial charge < -0.3 is 9.47 Å². The van der Waals surface area contributed by atoms with Crippen LogP contribution in [-0.2, 0) is 0 Å². The molecule has 1 aliphatic rings. The lowest BCUT2D eigenvalue weighted by molar-refractivity contribution is 0.171. The molecule has 0 aliphatic carbocycles. The first-order chi connectivity index (χ1) is 10.8. The minimum atomic E-state index is 0.532. The standard InChI is InChI=1S/C17H13N3O2/c1-11-3-2-4-16-19-17(13(10-18)20(11)16)12-5-6-14-15(9-12)22-8-7-21-14/h2-6,9H,7-8H2,1H3. The largest absolute Gasteiger partial charge is 0.486 e. The summed E-state index contributed by atoms with van der Waals surface area (Å²) < 4.78 is 13.0. The fourth-order valence-electron chi connectivity index (χ4n) is 2.75. The van der Waals surface area contributed by atoms with Crippen LogP contribution in [0.4, 0.5) is 0 Å². The van der Waals surface area contributed by atoms with Crippen LogP contribution in [0.15, 0.2) is 36.4 Å². The number of benzene rings is 1. The predicted molar refractivity (Wildman–Crippen MR) is 81.1 cm³/mol. The average Bonchev–Trinajstić information content (AvgIpc) is 2.94. The number of ether oxygens (including phenoxy) is 2. The van der Waals surface area contributed by atoms with Gasteiger partial charge in [-0.15, -0.1) is 0 Å². The minimum absolute atomic E-state index is 0.532. The molecule has 0 saturated heterocycles. The minimum Gasteiger partial charge on any atom is -0.486 e. The molecule has 1 aromatic carbocycles. The van der Waals surface area contributed by atoms with Gasteiger partial charge in [0.25, 0.3) is 0 Å². The lowest BCUT2D eigenvalue weighted by atomic mass is 10.1. The number of pyridine rings is 1. The van der Waals surface area contributed by atoms with Crippen LogP contribution in [0.3, 0.4) is 0 Å². The molecule has 5 nitrogen and oxygen atoms in total. The van der Waals surface area contributed by atoms with Gasteiger partial charge in [-0.05, 0) is 37.3 Å². The van der Waals surface area contributed by atoms with Crippen molar-refractivity contribution in [2.75, 3.05) is 13.2 Å². The third-order valence-corrected chi connectivity index (χ3v) is 3.76. The summed E-state index contributed by atoms with van der Waals surface area (Å²) in [5.74, 6) is 1.43. The van der Waals surface area contributed by atoms with Gasteiger partial charge in [-0.1, -0.05) is 6.07 Å². The van der Waals surface area contributed by atoms with Gasteiger partial charge in [-0.2, -0.15) is 5.26 Å². The Labute approximate surface area is 127 Å². The van der Waals surface area contributed by atoms with E-state index in [1.165, 1.54) is 0 Å². The molecule has 4 rings (SSSR count). The average molecular weight is 291 g/mol. The van der Waals surface area contributed by atoms with Crippen LogP contribution in [-0.4, -0.2) is 22.6 Å². The molecule has 0 fully saturated rings. The van der Waals surface area contributed by atoms with Gasteiger partial charge in [-0.3, -0.25) is 4.40 Å². The highest BCUT2D eigenvalue weighted by Crippen LogP contribution is 2.35. The molecule has 0 unspecified atom stereocenters. The maximum atomic E-state index is 9.56. The molecule has 2 aromatic heterocycles. The van der Waals surface area contributed by atoms with Crippen molar-refractivity contribution in [2.45, 2.75) is 6.92 Å². The molecule has 3 heterocycles. The summed E-state index contributed by atoms with van der Waals surface area (Å²) in [6, 6.07) is 13.7. The smallest absolute Gasteiger partial charge is 0.162 e. The van der Waals surface area contributed by atoms with Crippen molar-refractivity contribution in [3.63, 3.8) is 0 Å². The summed E-state index contributed by atoms with van der Waals surface area (Å²) in [6.07, 6.45) is 0. The monoisotopic (exact) mass is 291 g/mol. The van der Waals surface area contributed by atoms with Gasteiger partial charge in [0.15, 0.2) is 17.2 Å². The number of fused-ring (bicyclic) bond motifs is 2. The van der Waals surface area contributed by atoms with Crippen molar-refractivity contribution >= 4 is 5.65 Å². The first-order valence-corrected chi connectivity index (χ1v) is 7.06. The second-order valence-corrected chi connectivity index (χ2v) is 5.14. The lowest BCUT2D eigenvalue weighted by Crippen LogP contribution is -2.15. The summed E-state index contributed by atoms with van der Waals surface area (Å²) in [7, 11) is 0. The summed E-state index contributed by atoms with van der Waals surface area (Å²) in [4.78, 5) is 4.61. The highest BCUT2D eigenvalue weighted by atomic mass is 16.6. The van der Waals surface area contributed by atoms with Gasteiger partial charge in [0, 0.05) is 11.3 Å². The highest BCUT2D eigenvalue weighted by molar-refractivity contribution is 5.72. The van der Waals surface area contributed by atoms with Crippen LogP contribution in [0.1, 0.15) is 11.4 Å². The van der Waals surface area contributed by atoms with Crippen molar-refractivity contribution < 1.29 is 9.47 Å². The third-order valence-electron chi connectivity index (χ3n) is 3.76. The second-order valence-electron chi connectivity index (χ2n) is 5.14. The molecule has 5 heteroatoms. The molecule has 1 aliphatic heterocycles. The van der Waals surface area contributed by atoms with Crippen LogP contribution in [0.25, 0.3) is 16.9 Å². The van der Waals surface area contributed by atoms with E-state index in [2.05, 4.69) is 11.1 Å². The van der Waals surface area contributed by atoms with Crippen LogP contribution >= 0.6 is 0 Å². The number of nitriles is 1. The van der Waals surface area contributed by atoms with E-state index in [4.69, 9.17) is 9.47 Å². The van der Waals surface area contributed by atoms with Gasteiger partial charge in [0.05, 0.1) is 0 Å². The Hall–Kier alpha value is -3.00. The molecular formula is C17H13N3O2. The number of nitrogens with zero attached hydrogens (tertiary/aromatic N) is 3. The van der Waals surface area contributed by atoms with Crippen molar-refractivity contribution in [2.24, 2.45) is 0 Å². The molecule has 0 bridgehead atoms. The third kappa shape index (κ3) is 1.81. The normalized spacial score (nSPS) is 13.1.